The Hall–Kier alpha value is -1.64. The molecule has 0 aliphatic rings. The van der Waals surface area contributed by atoms with Crippen molar-refractivity contribution >= 4 is 12.2 Å². The number of hydrogen-bond acceptors (Lipinski definition) is 2. The number of H-pyrrole nitrogens is 1. The molecular weight excluding hydrogens is 176 g/mol. The molecule has 0 aliphatic carbocycles. The van der Waals surface area contributed by atoms with E-state index in [2.05, 4.69) is 23.4 Å². The summed E-state index contributed by atoms with van der Waals surface area (Å²) in [6, 6.07) is 0. The summed E-state index contributed by atoms with van der Waals surface area (Å²) in [7, 11) is 0. The first-order valence-electron chi connectivity index (χ1n) is 4.55. The van der Waals surface area contributed by atoms with E-state index in [0.717, 1.165) is 11.3 Å². The molecule has 0 spiro atoms. The summed E-state index contributed by atoms with van der Waals surface area (Å²) in [4.78, 5) is 11.1. The van der Waals surface area contributed by atoms with Gasteiger partial charge in [-0.2, -0.15) is 5.10 Å². The topological polar surface area (TPSA) is 45.8 Å². The van der Waals surface area contributed by atoms with Crippen LogP contribution in [0.5, 0.6) is 0 Å². The third kappa shape index (κ3) is 2.42. The Kier molecular flexibility index (Phi) is 5.22. The van der Waals surface area contributed by atoms with Gasteiger partial charge in [-0.25, -0.2) is 5.10 Å². The fourth-order valence-corrected chi connectivity index (χ4v) is 1.03. The minimum atomic E-state index is -0.231. The average Bonchev–Trinajstić information content (AvgIpc) is 2.24. The van der Waals surface area contributed by atoms with Gasteiger partial charge in [-0.05, 0) is 6.92 Å². The van der Waals surface area contributed by atoms with Crippen LogP contribution in [0, 0.1) is 6.92 Å². The SMILES string of the molecule is C=Cc1c(C)n[nH]c(=O)c1C=C.CC. The minimum Gasteiger partial charge on any atom is -0.267 e. The lowest BCUT2D eigenvalue weighted by Gasteiger charge is -2.01. The van der Waals surface area contributed by atoms with E-state index in [1.807, 2.05) is 13.8 Å². The van der Waals surface area contributed by atoms with Gasteiger partial charge in [0, 0.05) is 11.1 Å². The van der Waals surface area contributed by atoms with Crippen molar-refractivity contribution in [3.63, 3.8) is 0 Å². The van der Waals surface area contributed by atoms with Gasteiger partial charge < -0.3 is 0 Å². The molecule has 1 rings (SSSR count). The zero-order valence-electron chi connectivity index (χ0n) is 8.92. The summed E-state index contributed by atoms with van der Waals surface area (Å²) in [5.41, 5.74) is 1.79. The Morgan fingerprint density at radius 1 is 1.21 bits per heavy atom. The predicted octanol–water partition coefficient (Wildman–Crippen LogP) is 2.39. The molecular formula is C11H16N2O. The van der Waals surface area contributed by atoms with Crippen LogP contribution in [0.15, 0.2) is 18.0 Å². The van der Waals surface area contributed by atoms with Crippen molar-refractivity contribution in [1.29, 1.82) is 0 Å². The van der Waals surface area contributed by atoms with Gasteiger partial charge in [-0.15, -0.1) is 0 Å². The van der Waals surface area contributed by atoms with E-state index in [1.54, 1.807) is 13.0 Å². The molecule has 0 atom stereocenters. The number of nitrogens with zero attached hydrogens (tertiary/aromatic N) is 1. The van der Waals surface area contributed by atoms with Gasteiger partial charge in [0.15, 0.2) is 0 Å². The maximum absolute atomic E-state index is 11.1. The summed E-state index contributed by atoms with van der Waals surface area (Å²) in [5, 5.41) is 6.17. The third-order valence-electron chi connectivity index (χ3n) is 1.66. The lowest BCUT2D eigenvalue weighted by atomic mass is 10.1. The van der Waals surface area contributed by atoms with E-state index in [-0.39, 0.29) is 5.56 Å². The van der Waals surface area contributed by atoms with Gasteiger partial charge in [0.05, 0.1) is 5.69 Å². The average molecular weight is 192 g/mol. The molecule has 0 unspecified atom stereocenters. The van der Waals surface area contributed by atoms with E-state index in [0.29, 0.717) is 5.56 Å². The summed E-state index contributed by atoms with van der Waals surface area (Å²) < 4.78 is 0. The maximum atomic E-state index is 11.1. The summed E-state index contributed by atoms with van der Waals surface area (Å²) in [5.74, 6) is 0. The molecule has 14 heavy (non-hydrogen) atoms. The monoisotopic (exact) mass is 192 g/mol. The molecule has 0 saturated heterocycles. The van der Waals surface area contributed by atoms with Crippen LogP contribution < -0.4 is 5.56 Å². The number of nitrogens with one attached hydrogen (secondary N) is 1. The predicted molar refractivity (Wildman–Crippen MR) is 61.1 cm³/mol. The first-order chi connectivity index (χ1) is 6.70. The molecule has 0 fully saturated rings. The van der Waals surface area contributed by atoms with Gasteiger partial charge in [0.2, 0.25) is 0 Å². The number of aryl methyl sites for hydroxylation is 1. The highest BCUT2D eigenvalue weighted by Gasteiger charge is 2.04. The zero-order chi connectivity index (χ0) is 11.1. The van der Waals surface area contributed by atoms with Gasteiger partial charge in [-0.1, -0.05) is 39.2 Å². The quantitative estimate of drug-likeness (QED) is 0.782. The molecule has 3 nitrogen and oxygen atoms in total. The van der Waals surface area contributed by atoms with Gasteiger partial charge in [0.1, 0.15) is 0 Å². The standard InChI is InChI=1S/C9H10N2O.C2H6/c1-4-7-6(3)10-11-9(12)8(7)5-2;1-2/h4-5H,1-2H2,3H3,(H,11,12);1-2H3. The van der Waals surface area contributed by atoms with Crippen molar-refractivity contribution in [2.45, 2.75) is 20.8 Å². The third-order valence-corrected chi connectivity index (χ3v) is 1.66. The second-order valence-electron chi connectivity index (χ2n) is 2.37. The second-order valence-corrected chi connectivity index (χ2v) is 2.37. The lowest BCUT2D eigenvalue weighted by molar-refractivity contribution is 0.937. The fraction of sp³-hybridized carbons (Fsp3) is 0.273. The first kappa shape index (κ1) is 12.4. The molecule has 0 aliphatic heterocycles. The Bertz CT molecular complexity index is 377. The van der Waals surface area contributed by atoms with E-state index < -0.39 is 0 Å². The van der Waals surface area contributed by atoms with Crippen LogP contribution in [0.2, 0.25) is 0 Å². The van der Waals surface area contributed by atoms with Crippen molar-refractivity contribution in [1.82, 2.24) is 10.2 Å². The molecule has 1 aromatic rings. The van der Waals surface area contributed by atoms with E-state index in [1.165, 1.54) is 6.08 Å². The Morgan fingerprint density at radius 2 is 1.71 bits per heavy atom. The number of aromatic nitrogens is 2. The Labute approximate surface area is 84.2 Å². The Balaban J connectivity index is 0.000000791. The van der Waals surface area contributed by atoms with Crippen molar-refractivity contribution in [2.24, 2.45) is 0 Å². The van der Waals surface area contributed by atoms with E-state index in [4.69, 9.17) is 0 Å². The highest BCUT2D eigenvalue weighted by Crippen LogP contribution is 2.08. The molecule has 0 amide bonds. The van der Waals surface area contributed by atoms with Gasteiger partial charge in [-0.3, -0.25) is 4.79 Å². The summed E-state index contributed by atoms with van der Waals surface area (Å²) >= 11 is 0. The van der Waals surface area contributed by atoms with Crippen LogP contribution in [0.3, 0.4) is 0 Å². The molecule has 1 heterocycles. The molecule has 1 aromatic heterocycles. The van der Waals surface area contributed by atoms with Crippen LogP contribution in [0.4, 0.5) is 0 Å². The number of aromatic amines is 1. The fourth-order valence-electron chi connectivity index (χ4n) is 1.03. The lowest BCUT2D eigenvalue weighted by Crippen LogP contribution is -2.14. The molecule has 1 N–H and O–H groups in total. The Morgan fingerprint density at radius 3 is 2.07 bits per heavy atom. The normalized spacial score (nSPS) is 8.50. The van der Waals surface area contributed by atoms with Crippen molar-refractivity contribution in [3.05, 3.63) is 40.3 Å². The van der Waals surface area contributed by atoms with Gasteiger partial charge in [0.25, 0.3) is 5.56 Å². The van der Waals surface area contributed by atoms with Crippen LogP contribution >= 0.6 is 0 Å². The molecule has 0 saturated carbocycles. The number of rotatable bonds is 2. The van der Waals surface area contributed by atoms with Crippen LogP contribution in [0.25, 0.3) is 12.2 Å². The van der Waals surface area contributed by atoms with Gasteiger partial charge >= 0.3 is 0 Å². The zero-order valence-corrected chi connectivity index (χ0v) is 8.92. The van der Waals surface area contributed by atoms with Crippen molar-refractivity contribution < 1.29 is 0 Å². The molecule has 0 aromatic carbocycles. The van der Waals surface area contributed by atoms with Crippen LogP contribution in [-0.2, 0) is 0 Å². The largest absolute Gasteiger partial charge is 0.272 e. The minimum absolute atomic E-state index is 0.231. The smallest absolute Gasteiger partial charge is 0.267 e. The van der Waals surface area contributed by atoms with E-state index >= 15 is 0 Å². The highest BCUT2D eigenvalue weighted by atomic mass is 16.1. The molecule has 3 heteroatoms. The van der Waals surface area contributed by atoms with Crippen molar-refractivity contribution in [2.75, 3.05) is 0 Å². The van der Waals surface area contributed by atoms with E-state index in [9.17, 15) is 4.79 Å². The van der Waals surface area contributed by atoms with Crippen LogP contribution in [-0.4, -0.2) is 10.2 Å². The summed E-state index contributed by atoms with van der Waals surface area (Å²) in [6.45, 7) is 13.0. The second kappa shape index (κ2) is 5.91. The van der Waals surface area contributed by atoms with Crippen molar-refractivity contribution in [3.8, 4) is 0 Å². The molecule has 76 valence electrons. The first-order valence-corrected chi connectivity index (χ1v) is 4.55. The number of hydrogen-bond donors (Lipinski definition) is 1. The molecule has 0 radical (unpaired) electrons. The van der Waals surface area contributed by atoms with Crippen LogP contribution in [0.1, 0.15) is 30.7 Å². The maximum Gasteiger partial charge on any atom is 0.272 e. The molecule has 0 bridgehead atoms. The highest BCUT2D eigenvalue weighted by molar-refractivity contribution is 5.63. The summed E-state index contributed by atoms with van der Waals surface area (Å²) in [6.07, 6.45) is 3.11.